The Balaban J connectivity index is 1.52. The monoisotopic (exact) mass is 629 g/mol. The van der Waals surface area contributed by atoms with E-state index in [1.807, 2.05) is 6.07 Å². The van der Waals surface area contributed by atoms with E-state index in [4.69, 9.17) is 28.4 Å². The van der Waals surface area contributed by atoms with E-state index in [1.165, 1.54) is 14.0 Å². The van der Waals surface area contributed by atoms with Crippen LogP contribution in [0.3, 0.4) is 0 Å². The van der Waals surface area contributed by atoms with Gasteiger partial charge in [0, 0.05) is 76.5 Å². The van der Waals surface area contributed by atoms with Crippen molar-refractivity contribution in [3.05, 3.63) is 35.9 Å². The third-order valence-electron chi connectivity index (χ3n) is 13.0. The molecule has 248 valence electrons. The first-order chi connectivity index (χ1) is 21.6. The van der Waals surface area contributed by atoms with E-state index in [2.05, 4.69) is 11.8 Å². The van der Waals surface area contributed by atoms with Crippen LogP contribution in [0.4, 0.5) is 0 Å². The molecule has 0 radical (unpaired) electrons. The summed E-state index contributed by atoms with van der Waals surface area (Å²) in [6.45, 7) is 5.44. The van der Waals surface area contributed by atoms with Gasteiger partial charge in [-0.15, -0.1) is 0 Å². The highest BCUT2D eigenvalue weighted by atomic mass is 16.6. The molecular weight excluding hydrogens is 582 g/mol. The number of likely N-dealkylation sites (tertiary alicyclic amines) is 1. The van der Waals surface area contributed by atoms with Crippen LogP contribution in [-0.4, -0.2) is 123 Å². The molecule has 0 aromatic heterocycles. The van der Waals surface area contributed by atoms with Crippen LogP contribution >= 0.6 is 0 Å². The standard InChI is InChI=1S/C34H47NO10/c1-7-35-16-31(17-40-3)14-13-21(41-4)33-20-15-32(39)28(44-30(38)19-11-9-8-10-12-19)22(20)34(45-18(2)36,27(37)29(32)43-6)23(26(33)35)24(42-5)25(31)33/h8-12,20-29,37,39H,7,13-17H2,1-6H3/t20-,21+,22-,23-,24-,25-,26+,27+,28-,29+,31+,32-,33-,34+/m1/s1. The van der Waals surface area contributed by atoms with Crippen molar-refractivity contribution < 1.29 is 48.2 Å². The molecule has 1 heterocycles. The molecule has 0 amide bonds. The highest BCUT2D eigenvalue weighted by molar-refractivity contribution is 5.89. The molecule has 11 heteroatoms. The topological polar surface area (TPSA) is 133 Å². The average Bonchev–Trinajstić information content (AvgIpc) is 3.40. The largest absolute Gasteiger partial charge is 0.455 e. The van der Waals surface area contributed by atoms with E-state index in [0.717, 1.165) is 19.4 Å². The Morgan fingerprint density at radius 3 is 2.36 bits per heavy atom. The second-order valence-corrected chi connectivity index (χ2v) is 14.3. The summed E-state index contributed by atoms with van der Waals surface area (Å²) in [5.41, 5.74) is -3.92. The highest BCUT2D eigenvalue weighted by Crippen LogP contribution is 2.80. The minimum Gasteiger partial charge on any atom is -0.455 e. The summed E-state index contributed by atoms with van der Waals surface area (Å²) in [7, 11) is 6.59. The van der Waals surface area contributed by atoms with Crippen molar-refractivity contribution in [2.45, 2.75) is 80.9 Å². The van der Waals surface area contributed by atoms with E-state index < -0.39 is 64.8 Å². The van der Waals surface area contributed by atoms with Crippen LogP contribution in [-0.2, 0) is 33.2 Å². The molecule has 11 nitrogen and oxygen atoms in total. The first-order valence-electron chi connectivity index (χ1n) is 16.2. The number of carbonyl (C=O) groups excluding carboxylic acids is 2. The average molecular weight is 630 g/mol. The zero-order valence-corrected chi connectivity index (χ0v) is 27.0. The number of aliphatic hydroxyl groups excluding tert-OH is 1. The second kappa shape index (κ2) is 10.7. The van der Waals surface area contributed by atoms with Gasteiger partial charge >= 0.3 is 11.9 Å². The van der Waals surface area contributed by atoms with Gasteiger partial charge in [0.15, 0.2) is 5.60 Å². The molecule has 5 aliphatic carbocycles. The minimum atomic E-state index is -1.76. The smallest absolute Gasteiger partial charge is 0.338 e. The summed E-state index contributed by atoms with van der Waals surface area (Å²) in [6, 6.07) is 8.42. The van der Waals surface area contributed by atoms with E-state index in [0.29, 0.717) is 18.7 Å². The number of aliphatic hydroxyl groups is 2. The third-order valence-corrected chi connectivity index (χ3v) is 13.0. The third kappa shape index (κ3) is 3.66. The molecule has 7 bridgehead atoms. The number of benzene rings is 1. The van der Waals surface area contributed by atoms with Crippen LogP contribution in [0.15, 0.2) is 30.3 Å². The Kier molecular flexibility index (Phi) is 7.48. The number of methoxy groups -OCH3 is 4. The first-order valence-corrected chi connectivity index (χ1v) is 16.2. The van der Waals surface area contributed by atoms with Crippen LogP contribution in [0.2, 0.25) is 0 Å². The Hall–Kier alpha value is -2.12. The van der Waals surface area contributed by atoms with Crippen molar-refractivity contribution in [3.8, 4) is 0 Å². The summed E-state index contributed by atoms with van der Waals surface area (Å²) < 4.78 is 37.7. The van der Waals surface area contributed by atoms with Crippen molar-refractivity contribution in [2.75, 3.05) is 48.1 Å². The predicted molar refractivity (Wildman–Crippen MR) is 159 cm³/mol. The summed E-state index contributed by atoms with van der Waals surface area (Å²) in [5.74, 6) is -2.95. The fourth-order valence-corrected chi connectivity index (χ4v) is 12.4. The van der Waals surface area contributed by atoms with E-state index in [9.17, 15) is 19.8 Å². The summed E-state index contributed by atoms with van der Waals surface area (Å²) in [6.07, 6.45) is -2.64. The van der Waals surface area contributed by atoms with Crippen LogP contribution in [0, 0.1) is 34.5 Å². The second-order valence-electron chi connectivity index (χ2n) is 14.3. The lowest BCUT2D eigenvalue weighted by Gasteiger charge is -2.69. The van der Waals surface area contributed by atoms with Crippen molar-refractivity contribution in [1.29, 1.82) is 0 Å². The van der Waals surface area contributed by atoms with E-state index in [1.54, 1.807) is 45.6 Å². The van der Waals surface area contributed by atoms with Gasteiger partial charge in [0.25, 0.3) is 0 Å². The molecule has 7 rings (SSSR count). The van der Waals surface area contributed by atoms with Gasteiger partial charge in [-0.05, 0) is 43.9 Å². The van der Waals surface area contributed by atoms with Crippen molar-refractivity contribution >= 4 is 11.9 Å². The number of hydrogen-bond acceptors (Lipinski definition) is 11. The summed E-state index contributed by atoms with van der Waals surface area (Å²) in [4.78, 5) is 29.4. The molecule has 1 aliphatic heterocycles. The van der Waals surface area contributed by atoms with E-state index >= 15 is 0 Å². The molecule has 14 atom stereocenters. The molecule has 1 aromatic carbocycles. The zero-order valence-electron chi connectivity index (χ0n) is 27.0. The van der Waals surface area contributed by atoms with Crippen molar-refractivity contribution in [2.24, 2.45) is 34.5 Å². The van der Waals surface area contributed by atoms with Crippen LogP contribution in [0.5, 0.6) is 0 Å². The van der Waals surface area contributed by atoms with Gasteiger partial charge in [0.1, 0.15) is 23.9 Å². The van der Waals surface area contributed by atoms with Crippen LogP contribution < -0.4 is 0 Å². The fourth-order valence-electron chi connectivity index (χ4n) is 12.4. The normalized spacial score (nSPS) is 49.1. The molecule has 1 saturated heterocycles. The minimum absolute atomic E-state index is 0.101. The molecule has 1 spiro atoms. The zero-order chi connectivity index (χ0) is 32.1. The Bertz CT molecular complexity index is 1330. The van der Waals surface area contributed by atoms with Gasteiger partial charge in [-0.2, -0.15) is 0 Å². The molecule has 6 aliphatic rings. The maximum absolute atomic E-state index is 13.7. The van der Waals surface area contributed by atoms with Crippen LogP contribution in [0.25, 0.3) is 0 Å². The summed E-state index contributed by atoms with van der Waals surface area (Å²) in [5, 5.41) is 25.3. The maximum Gasteiger partial charge on any atom is 0.338 e. The molecular formula is C34H47NO10. The number of rotatable bonds is 9. The molecule has 1 aromatic rings. The van der Waals surface area contributed by atoms with E-state index in [-0.39, 0.29) is 35.8 Å². The highest BCUT2D eigenvalue weighted by Gasteiger charge is 2.91. The van der Waals surface area contributed by atoms with Gasteiger partial charge in [0.05, 0.1) is 24.4 Å². The number of ether oxygens (including phenoxy) is 6. The maximum atomic E-state index is 13.7. The van der Waals surface area contributed by atoms with Gasteiger partial charge < -0.3 is 38.6 Å². The lowest BCUT2D eigenvalue weighted by molar-refractivity contribution is -0.317. The SMILES string of the molecule is CCN1C[C@]2(COC)CC[C@H](OC)[C@]34[C@@H]5C[C@@]6(O)[C@H](OC(=O)c7ccccc7)[C@@H]5[C@](OC(C)=O)([C@H]([C@@H](OC)[C@H]23)[C@H]14)[C@@H](O)[C@@H]6OC. The van der Waals surface area contributed by atoms with Crippen LogP contribution in [0.1, 0.15) is 43.5 Å². The number of hydrogen-bond donors (Lipinski definition) is 2. The molecule has 0 unspecified atom stereocenters. The van der Waals surface area contributed by atoms with Gasteiger partial charge in [-0.3, -0.25) is 9.69 Å². The number of carbonyl (C=O) groups is 2. The van der Waals surface area contributed by atoms with Gasteiger partial charge in [-0.25, -0.2) is 4.79 Å². The van der Waals surface area contributed by atoms with Crippen molar-refractivity contribution in [1.82, 2.24) is 4.90 Å². The fraction of sp³-hybridized carbons (Fsp3) is 0.765. The lowest BCUT2D eigenvalue weighted by Crippen LogP contribution is -2.80. The quantitative estimate of drug-likeness (QED) is 0.387. The summed E-state index contributed by atoms with van der Waals surface area (Å²) >= 11 is 0. The number of esters is 2. The van der Waals surface area contributed by atoms with Crippen molar-refractivity contribution in [3.63, 3.8) is 0 Å². The Morgan fingerprint density at radius 2 is 1.76 bits per heavy atom. The lowest BCUT2D eigenvalue weighted by atomic mass is 9.43. The number of piperidine rings is 1. The number of nitrogens with zero attached hydrogens (tertiary/aromatic N) is 1. The first kappa shape index (κ1) is 31.5. The molecule has 2 N–H and O–H groups in total. The number of fused-ring (bicyclic) bond motifs is 2. The Morgan fingerprint density at radius 1 is 1.02 bits per heavy atom. The molecule has 6 fully saturated rings. The molecule has 45 heavy (non-hydrogen) atoms. The van der Waals surface area contributed by atoms with Gasteiger partial charge in [-0.1, -0.05) is 25.1 Å². The Labute approximate surface area is 264 Å². The predicted octanol–water partition coefficient (Wildman–Crippen LogP) is 1.68. The van der Waals surface area contributed by atoms with Gasteiger partial charge in [0.2, 0.25) is 0 Å². The molecule has 5 saturated carbocycles.